The van der Waals surface area contributed by atoms with Crippen LogP contribution in [0.4, 0.5) is 5.69 Å². The summed E-state index contributed by atoms with van der Waals surface area (Å²) in [5, 5.41) is 3.51. The number of nitrogens with one attached hydrogen (secondary N) is 1. The van der Waals surface area contributed by atoms with Crippen LogP contribution in [0.5, 0.6) is 5.75 Å². The fourth-order valence-electron chi connectivity index (χ4n) is 3.42. The largest absolute Gasteiger partial charge is 0.497 e. The zero-order chi connectivity index (χ0) is 25.5. The van der Waals surface area contributed by atoms with E-state index in [9.17, 15) is 18.0 Å². The molecule has 2 rings (SSSR count). The van der Waals surface area contributed by atoms with Crippen molar-refractivity contribution >= 4 is 50.7 Å². The van der Waals surface area contributed by atoms with E-state index in [1.165, 1.54) is 18.1 Å². The molecule has 34 heavy (non-hydrogen) atoms. The number of carbonyl (C=O) groups excluding carboxylic acids is 2. The number of anilines is 1. The molecule has 0 saturated heterocycles. The highest BCUT2D eigenvalue weighted by Crippen LogP contribution is 2.26. The SMILES string of the molecule is CCNC(=O)C(CC)N(Cc1ccc(Cl)cc1Cl)C(=O)CN(c1cccc(OC)c1)S(C)(=O)=O. The van der Waals surface area contributed by atoms with Crippen molar-refractivity contribution in [1.82, 2.24) is 10.2 Å². The third kappa shape index (κ3) is 7.25. The Kier molecular flexibility index (Phi) is 10.0. The van der Waals surface area contributed by atoms with Gasteiger partial charge in [0.25, 0.3) is 0 Å². The minimum atomic E-state index is -3.83. The van der Waals surface area contributed by atoms with E-state index in [4.69, 9.17) is 27.9 Å². The van der Waals surface area contributed by atoms with E-state index < -0.39 is 28.5 Å². The number of methoxy groups -OCH3 is 1. The zero-order valence-electron chi connectivity index (χ0n) is 19.5. The molecular weight excluding hydrogens is 501 g/mol. The van der Waals surface area contributed by atoms with Crippen molar-refractivity contribution in [2.75, 3.05) is 30.8 Å². The first-order valence-electron chi connectivity index (χ1n) is 10.6. The Morgan fingerprint density at radius 1 is 1.12 bits per heavy atom. The average molecular weight is 530 g/mol. The van der Waals surface area contributed by atoms with Gasteiger partial charge in [0.05, 0.1) is 19.1 Å². The van der Waals surface area contributed by atoms with Crippen molar-refractivity contribution in [3.63, 3.8) is 0 Å². The third-order valence-corrected chi connectivity index (χ3v) is 6.84. The summed E-state index contributed by atoms with van der Waals surface area (Å²) >= 11 is 12.3. The van der Waals surface area contributed by atoms with Gasteiger partial charge in [0.2, 0.25) is 21.8 Å². The van der Waals surface area contributed by atoms with E-state index in [1.54, 1.807) is 50.2 Å². The van der Waals surface area contributed by atoms with Gasteiger partial charge in [-0.05, 0) is 43.2 Å². The first kappa shape index (κ1) is 27.8. The molecule has 0 saturated carbocycles. The first-order valence-corrected chi connectivity index (χ1v) is 13.2. The second-order valence-electron chi connectivity index (χ2n) is 7.55. The second kappa shape index (κ2) is 12.3. The predicted octanol–water partition coefficient (Wildman–Crippen LogP) is 3.71. The molecular formula is C23H29Cl2N3O5S. The maximum atomic E-state index is 13.6. The fraction of sp³-hybridized carbons (Fsp3) is 0.391. The van der Waals surface area contributed by atoms with Crippen molar-refractivity contribution in [3.8, 4) is 5.75 Å². The second-order valence-corrected chi connectivity index (χ2v) is 10.3. The van der Waals surface area contributed by atoms with Crippen molar-refractivity contribution in [1.29, 1.82) is 0 Å². The summed E-state index contributed by atoms with van der Waals surface area (Å²) in [4.78, 5) is 27.7. The van der Waals surface area contributed by atoms with Gasteiger partial charge in [-0.15, -0.1) is 0 Å². The van der Waals surface area contributed by atoms with Crippen molar-refractivity contribution < 1.29 is 22.7 Å². The van der Waals surface area contributed by atoms with Crippen LogP contribution in [-0.2, 0) is 26.2 Å². The quantitative estimate of drug-likeness (QED) is 0.478. The molecule has 2 amide bonds. The molecule has 1 atom stereocenters. The van der Waals surface area contributed by atoms with Gasteiger partial charge in [0, 0.05) is 29.2 Å². The molecule has 0 spiro atoms. The van der Waals surface area contributed by atoms with Gasteiger partial charge < -0.3 is 15.0 Å². The zero-order valence-corrected chi connectivity index (χ0v) is 21.9. The van der Waals surface area contributed by atoms with E-state index in [0.717, 1.165) is 10.6 Å². The molecule has 0 heterocycles. The lowest BCUT2D eigenvalue weighted by Crippen LogP contribution is -2.52. The molecule has 0 bridgehead atoms. The van der Waals surface area contributed by atoms with Crippen LogP contribution in [0, 0.1) is 0 Å². The number of amides is 2. The normalized spacial score (nSPS) is 12.1. The Hall–Kier alpha value is -2.49. The van der Waals surface area contributed by atoms with E-state index in [2.05, 4.69) is 5.32 Å². The maximum Gasteiger partial charge on any atom is 0.244 e. The lowest BCUT2D eigenvalue weighted by Gasteiger charge is -2.33. The fourth-order valence-corrected chi connectivity index (χ4v) is 4.73. The number of hydrogen-bond acceptors (Lipinski definition) is 5. The number of hydrogen-bond donors (Lipinski definition) is 1. The Bertz CT molecular complexity index is 1130. The van der Waals surface area contributed by atoms with E-state index in [-0.39, 0.29) is 18.1 Å². The lowest BCUT2D eigenvalue weighted by atomic mass is 10.1. The minimum absolute atomic E-state index is 0.000188. The average Bonchev–Trinajstić information content (AvgIpc) is 2.78. The van der Waals surface area contributed by atoms with Gasteiger partial charge in [-0.2, -0.15) is 0 Å². The van der Waals surface area contributed by atoms with Crippen LogP contribution in [0.2, 0.25) is 10.0 Å². The number of ether oxygens (including phenoxy) is 1. The molecule has 0 aromatic heterocycles. The summed E-state index contributed by atoms with van der Waals surface area (Å²) in [5.74, 6) is -0.453. The summed E-state index contributed by atoms with van der Waals surface area (Å²) in [6, 6.07) is 10.4. The molecule has 0 fully saturated rings. The van der Waals surface area contributed by atoms with Crippen molar-refractivity contribution in [3.05, 3.63) is 58.1 Å². The minimum Gasteiger partial charge on any atom is -0.497 e. The van der Waals surface area contributed by atoms with Crippen molar-refractivity contribution in [2.45, 2.75) is 32.9 Å². The molecule has 186 valence electrons. The number of nitrogens with zero attached hydrogens (tertiary/aromatic N) is 2. The first-order chi connectivity index (χ1) is 16.0. The summed E-state index contributed by atoms with van der Waals surface area (Å²) in [6.07, 6.45) is 1.34. The Balaban J connectivity index is 2.47. The standard InChI is InChI=1S/C23H29Cl2N3O5S/c1-5-21(23(30)26-6-2)27(14-16-10-11-17(24)12-20(16)25)22(29)15-28(34(4,31)32)18-8-7-9-19(13-18)33-3/h7-13,21H,5-6,14-15H2,1-4H3,(H,26,30). The van der Waals surface area contributed by atoms with E-state index in [0.29, 0.717) is 34.3 Å². The molecule has 0 aliphatic rings. The molecule has 1 N–H and O–H groups in total. The smallest absolute Gasteiger partial charge is 0.244 e. The number of rotatable bonds is 11. The van der Waals surface area contributed by atoms with Gasteiger partial charge >= 0.3 is 0 Å². The third-order valence-electron chi connectivity index (χ3n) is 5.11. The number of benzene rings is 2. The molecule has 2 aromatic rings. The van der Waals surface area contributed by atoms with Crippen LogP contribution in [0.1, 0.15) is 25.8 Å². The van der Waals surface area contributed by atoms with Gasteiger partial charge in [0.1, 0.15) is 18.3 Å². The van der Waals surface area contributed by atoms with Gasteiger partial charge in [-0.1, -0.05) is 42.3 Å². The Labute approximate surface area is 210 Å². The Morgan fingerprint density at radius 2 is 1.82 bits per heavy atom. The van der Waals surface area contributed by atoms with Crippen LogP contribution >= 0.6 is 23.2 Å². The summed E-state index contributed by atoms with van der Waals surface area (Å²) < 4.78 is 31.4. The predicted molar refractivity (Wildman–Crippen MR) is 135 cm³/mol. The molecule has 1 unspecified atom stereocenters. The number of carbonyl (C=O) groups is 2. The monoisotopic (exact) mass is 529 g/mol. The van der Waals surface area contributed by atoms with Gasteiger partial charge in [-0.3, -0.25) is 13.9 Å². The molecule has 0 radical (unpaired) electrons. The van der Waals surface area contributed by atoms with Crippen LogP contribution in [-0.4, -0.2) is 57.6 Å². The van der Waals surface area contributed by atoms with Crippen molar-refractivity contribution in [2.24, 2.45) is 0 Å². The van der Waals surface area contributed by atoms with Crippen LogP contribution < -0.4 is 14.4 Å². The summed E-state index contributed by atoms with van der Waals surface area (Å²) in [6.45, 7) is 3.44. The number of halogens is 2. The van der Waals surface area contributed by atoms with Gasteiger partial charge in [0.15, 0.2) is 0 Å². The highest BCUT2D eigenvalue weighted by Gasteiger charge is 2.32. The van der Waals surface area contributed by atoms with E-state index >= 15 is 0 Å². The van der Waals surface area contributed by atoms with Crippen LogP contribution in [0.3, 0.4) is 0 Å². The highest BCUT2D eigenvalue weighted by atomic mass is 35.5. The van der Waals surface area contributed by atoms with E-state index in [1.807, 2.05) is 0 Å². The lowest BCUT2D eigenvalue weighted by molar-refractivity contribution is -0.140. The highest BCUT2D eigenvalue weighted by molar-refractivity contribution is 7.92. The molecule has 8 nitrogen and oxygen atoms in total. The maximum absolute atomic E-state index is 13.6. The topological polar surface area (TPSA) is 96.0 Å². The molecule has 11 heteroatoms. The summed E-state index contributed by atoms with van der Waals surface area (Å²) in [5.41, 5.74) is 0.847. The van der Waals surface area contributed by atoms with Gasteiger partial charge in [-0.25, -0.2) is 8.42 Å². The molecule has 0 aliphatic carbocycles. The summed E-state index contributed by atoms with van der Waals surface area (Å²) in [7, 11) is -2.37. The molecule has 0 aliphatic heterocycles. The van der Waals surface area contributed by atoms with Crippen LogP contribution in [0.25, 0.3) is 0 Å². The number of likely N-dealkylation sites (N-methyl/N-ethyl adjacent to an activating group) is 1. The Morgan fingerprint density at radius 3 is 2.38 bits per heavy atom. The molecule has 2 aromatic carbocycles. The number of sulfonamides is 1. The van der Waals surface area contributed by atoms with Crippen LogP contribution in [0.15, 0.2) is 42.5 Å².